The van der Waals surface area contributed by atoms with E-state index in [0.717, 1.165) is 11.6 Å². The van der Waals surface area contributed by atoms with Crippen LogP contribution in [0.5, 0.6) is 5.75 Å². The second-order valence-corrected chi connectivity index (χ2v) is 5.76. The third-order valence-electron chi connectivity index (χ3n) is 3.83. The molecule has 0 unspecified atom stereocenters. The average molecular weight is 488 g/mol. The van der Waals surface area contributed by atoms with Gasteiger partial charge in [-0.25, -0.2) is 9.38 Å². The number of likely N-dealkylation sites (N-methyl/N-ethyl adjacent to an activating group) is 1. The zero-order valence-electron chi connectivity index (χ0n) is 15.9. The van der Waals surface area contributed by atoms with Gasteiger partial charge in [0.2, 0.25) is 0 Å². The molecular formula is C18H26FIN6O. The van der Waals surface area contributed by atoms with E-state index in [0.29, 0.717) is 38.0 Å². The molecule has 1 aromatic carbocycles. The third kappa shape index (κ3) is 7.16. The first-order chi connectivity index (χ1) is 12.5. The lowest BCUT2D eigenvalue weighted by atomic mass is 10.3. The van der Waals surface area contributed by atoms with Gasteiger partial charge in [-0.2, -0.15) is 0 Å². The minimum Gasteiger partial charge on any atom is -0.492 e. The van der Waals surface area contributed by atoms with Crippen molar-refractivity contribution in [1.82, 2.24) is 25.0 Å². The Bertz CT molecular complexity index is 747. The molecule has 0 saturated heterocycles. The Morgan fingerprint density at radius 3 is 2.67 bits per heavy atom. The molecule has 148 valence electrons. The average Bonchev–Trinajstić information content (AvgIpc) is 2.95. The van der Waals surface area contributed by atoms with Gasteiger partial charge in [-0.05, 0) is 31.2 Å². The van der Waals surface area contributed by atoms with E-state index in [2.05, 4.69) is 27.1 Å². The van der Waals surface area contributed by atoms with E-state index in [9.17, 15) is 4.39 Å². The number of hydrogen-bond acceptors (Lipinski definition) is 4. The van der Waals surface area contributed by atoms with Crippen LogP contribution in [0.3, 0.4) is 0 Å². The van der Waals surface area contributed by atoms with Crippen molar-refractivity contribution in [3.05, 3.63) is 54.4 Å². The van der Waals surface area contributed by atoms with Crippen molar-refractivity contribution < 1.29 is 9.13 Å². The number of guanidine groups is 1. The number of nitrogens with one attached hydrogen (secondary N) is 1. The molecule has 2 rings (SSSR count). The first-order valence-electron chi connectivity index (χ1n) is 8.35. The summed E-state index contributed by atoms with van der Waals surface area (Å²) >= 11 is 0. The molecule has 0 radical (unpaired) electrons. The molecule has 0 aliphatic rings. The molecule has 0 bridgehead atoms. The largest absolute Gasteiger partial charge is 0.492 e. The van der Waals surface area contributed by atoms with E-state index in [1.165, 1.54) is 12.1 Å². The van der Waals surface area contributed by atoms with Crippen LogP contribution in [0.1, 0.15) is 11.6 Å². The van der Waals surface area contributed by atoms with E-state index in [1.807, 2.05) is 30.5 Å². The molecule has 1 heterocycles. The van der Waals surface area contributed by atoms with Gasteiger partial charge in [0, 0.05) is 20.6 Å². The van der Waals surface area contributed by atoms with E-state index >= 15 is 0 Å². The Labute approximate surface area is 176 Å². The number of ether oxygens (including phenoxy) is 1. The molecule has 2 aromatic rings. The summed E-state index contributed by atoms with van der Waals surface area (Å²) in [6.07, 6.45) is 1.77. The van der Waals surface area contributed by atoms with Crippen molar-refractivity contribution in [2.24, 2.45) is 12.0 Å². The maximum atomic E-state index is 12.9. The summed E-state index contributed by atoms with van der Waals surface area (Å²) in [5.41, 5.74) is 0. The Kier molecular flexibility index (Phi) is 9.76. The number of hydrogen-bond donors (Lipinski definition) is 1. The van der Waals surface area contributed by atoms with Gasteiger partial charge in [0.05, 0.1) is 6.54 Å². The van der Waals surface area contributed by atoms with Crippen molar-refractivity contribution >= 4 is 29.9 Å². The number of benzene rings is 1. The number of aromatic nitrogens is 3. The Hall–Kier alpha value is -2.17. The van der Waals surface area contributed by atoms with Gasteiger partial charge in [-0.3, -0.25) is 0 Å². The Balaban J connectivity index is 0.00000364. The molecule has 27 heavy (non-hydrogen) atoms. The number of aliphatic imine (C=N–C) groups is 1. The third-order valence-corrected chi connectivity index (χ3v) is 3.83. The van der Waals surface area contributed by atoms with Crippen LogP contribution in [0.4, 0.5) is 4.39 Å². The first-order valence-corrected chi connectivity index (χ1v) is 8.35. The molecule has 1 N–H and O–H groups in total. The molecule has 0 aliphatic heterocycles. The number of rotatable bonds is 8. The van der Waals surface area contributed by atoms with E-state index < -0.39 is 0 Å². The maximum Gasteiger partial charge on any atom is 0.194 e. The summed E-state index contributed by atoms with van der Waals surface area (Å²) in [5.74, 6) is 2.70. The molecule has 0 spiro atoms. The summed E-state index contributed by atoms with van der Waals surface area (Å²) in [5, 5.41) is 11.4. The van der Waals surface area contributed by atoms with Gasteiger partial charge in [0.1, 0.15) is 30.5 Å². The minimum atomic E-state index is -0.281. The van der Waals surface area contributed by atoms with Crippen LogP contribution in [0, 0.1) is 12.7 Å². The van der Waals surface area contributed by atoms with Crippen molar-refractivity contribution in [2.45, 2.75) is 13.5 Å². The van der Waals surface area contributed by atoms with Crippen LogP contribution in [0.15, 0.2) is 41.9 Å². The molecule has 0 fully saturated rings. The van der Waals surface area contributed by atoms with Crippen molar-refractivity contribution in [2.75, 3.05) is 26.7 Å². The normalized spacial score (nSPS) is 10.9. The van der Waals surface area contributed by atoms with Crippen LogP contribution in [-0.4, -0.2) is 52.4 Å². The number of halogens is 2. The zero-order chi connectivity index (χ0) is 18.9. The van der Waals surface area contributed by atoms with E-state index in [4.69, 9.17) is 4.74 Å². The van der Waals surface area contributed by atoms with Gasteiger partial charge in [-0.1, -0.05) is 6.08 Å². The van der Waals surface area contributed by atoms with Crippen molar-refractivity contribution in [1.29, 1.82) is 0 Å². The lowest BCUT2D eigenvalue weighted by molar-refractivity contribution is 0.281. The van der Waals surface area contributed by atoms with Gasteiger partial charge in [0.15, 0.2) is 11.8 Å². The highest BCUT2D eigenvalue weighted by Gasteiger charge is 2.08. The fraction of sp³-hybridized carbons (Fsp3) is 0.389. The summed E-state index contributed by atoms with van der Waals surface area (Å²) in [4.78, 5) is 6.55. The predicted octanol–water partition coefficient (Wildman–Crippen LogP) is 2.52. The second-order valence-electron chi connectivity index (χ2n) is 5.76. The molecule has 0 amide bonds. The highest BCUT2D eigenvalue weighted by molar-refractivity contribution is 14.0. The fourth-order valence-corrected chi connectivity index (χ4v) is 2.15. The molecule has 7 nitrogen and oxygen atoms in total. The molecule has 0 saturated carbocycles. The standard InChI is InChI=1S/C18H25FN6O.HI/c1-5-10-20-18(21-13-17-23-22-14(2)25(17)4)24(3)11-12-26-16-8-6-15(19)7-9-16;/h5-9H,1,10-13H2,2-4H3,(H,20,21);1H. The smallest absolute Gasteiger partial charge is 0.194 e. The van der Waals surface area contributed by atoms with Crippen LogP contribution in [0.2, 0.25) is 0 Å². The summed E-state index contributed by atoms with van der Waals surface area (Å²) in [6, 6.07) is 5.97. The van der Waals surface area contributed by atoms with Gasteiger partial charge in [0.25, 0.3) is 0 Å². The minimum absolute atomic E-state index is 0. The lowest BCUT2D eigenvalue weighted by Crippen LogP contribution is -2.41. The van der Waals surface area contributed by atoms with Gasteiger partial charge < -0.3 is 19.5 Å². The molecule has 9 heteroatoms. The molecule has 0 atom stereocenters. The lowest BCUT2D eigenvalue weighted by Gasteiger charge is -2.22. The Morgan fingerprint density at radius 1 is 1.37 bits per heavy atom. The fourth-order valence-electron chi connectivity index (χ4n) is 2.15. The van der Waals surface area contributed by atoms with Crippen molar-refractivity contribution in [3.8, 4) is 5.75 Å². The van der Waals surface area contributed by atoms with Crippen LogP contribution in [-0.2, 0) is 13.6 Å². The molecule has 1 aromatic heterocycles. The topological polar surface area (TPSA) is 67.6 Å². The van der Waals surface area contributed by atoms with Crippen molar-refractivity contribution in [3.63, 3.8) is 0 Å². The SMILES string of the molecule is C=CCNC(=NCc1nnc(C)n1C)N(C)CCOc1ccc(F)cc1.I. The Morgan fingerprint density at radius 2 is 2.07 bits per heavy atom. The second kappa shape index (κ2) is 11.5. The number of aryl methyl sites for hydroxylation is 1. The summed E-state index contributed by atoms with van der Waals surface area (Å²) in [7, 11) is 3.84. The maximum absolute atomic E-state index is 12.9. The quantitative estimate of drug-likeness (QED) is 0.268. The highest BCUT2D eigenvalue weighted by Crippen LogP contribution is 2.10. The monoisotopic (exact) mass is 488 g/mol. The van der Waals surface area contributed by atoms with Crippen LogP contribution in [0.25, 0.3) is 0 Å². The van der Waals surface area contributed by atoms with Crippen LogP contribution < -0.4 is 10.1 Å². The first kappa shape index (κ1) is 22.9. The molecular weight excluding hydrogens is 462 g/mol. The molecule has 0 aliphatic carbocycles. The summed E-state index contributed by atoms with van der Waals surface area (Å²) < 4.78 is 20.5. The number of nitrogens with zero attached hydrogens (tertiary/aromatic N) is 5. The highest BCUT2D eigenvalue weighted by atomic mass is 127. The van der Waals surface area contributed by atoms with Crippen LogP contribution >= 0.6 is 24.0 Å². The predicted molar refractivity (Wildman–Crippen MR) is 115 cm³/mol. The van der Waals surface area contributed by atoms with E-state index in [1.54, 1.807) is 18.2 Å². The summed E-state index contributed by atoms with van der Waals surface area (Å²) in [6.45, 7) is 7.69. The van der Waals surface area contributed by atoms with Gasteiger partial charge >= 0.3 is 0 Å². The zero-order valence-corrected chi connectivity index (χ0v) is 18.2. The van der Waals surface area contributed by atoms with E-state index in [-0.39, 0.29) is 29.8 Å². The van der Waals surface area contributed by atoms with Gasteiger partial charge in [-0.15, -0.1) is 40.8 Å².